The predicted molar refractivity (Wildman–Crippen MR) is 96.3 cm³/mol. The minimum atomic E-state index is -4.31. The van der Waals surface area contributed by atoms with Gasteiger partial charge in [-0.15, -0.1) is 0 Å². The Bertz CT molecular complexity index is 948. The number of urea groups is 1. The molecule has 0 saturated heterocycles. The molecule has 0 fully saturated rings. The number of carbonyl (C=O) groups excluding carboxylic acids is 2. The van der Waals surface area contributed by atoms with Crippen molar-refractivity contribution in [2.45, 2.75) is 22.7 Å². The Morgan fingerprint density at radius 3 is 2.23 bits per heavy atom. The van der Waals surface area contributed by atoms with Gasteiger partial charge in [0.2, 0.25) is 11.7 Å². The predicted octanol–water partition coefficient (Wildman–Crippen LogP) is 2.48. The first kappa shape index (κ1) is 20.4. The third-order valence-corrected chi connectivity index (χ3v) is 4.67. The summed E-state index contributed by atoms with van der Waals surface area (Å²) < 4.78 is 23.9. The zero-order valence-corrected chi connectivity index (χ0v) is 16.4. The molecule has 0 atom stereocenters. The number of anilines is 1. The van der Waals surface area contributed by atoms with Crippen molar-refractivity contribution >= 4 is 62.6 Å². The summed E-state index contributed by atoms with van der Waals surface area (Å²) in [7, 11) is -4.31. The van der Waals surface area contributed by atoms with Gasteiger partial charge in [0, 0.05) is 11.4 Å². The highest BCUT2D eigenvalue weighted by molar-refractivity contribution is 7.90. The number of nitrogens with one attached hydrogen (secondary N) is 3. The van der Waals surface area contributed by atoms with E-state index in [2.05, 4.69) is 20.3 Å². The number of carbonyl (C=O) groups is 2. The Morgan fingerprint density at radius 1 is 1.12 bits per heavy atom. The van der Waals surface area contributed by atoms with Gasteiger partial charge in [-0.1, -0.05) is 34.8 Å². The normalized spacial score (nSPS) is 11.9. The Labute approximate surface area is 163 Å². The smallest absolute Gasteiger partial charge is 0.335 e. The molecule has 2 rings (SSSR count). The van der Waals surface area contributed by atoms with Crippen LogP contribution in [0, 0.1) is 13.8 Å². The molecule has 2 heterocycles. The summed E-state index contributed by atoms with van der Waals surface area (Å²) >= 11 is 16.4. The second-order valence-corrected chi connectivity index (χ2v) is 9.03. The molecule has 13 heteroatoms. The van der Waals surface area contributed by atoms with Crippen molar-refractivity contribution in [1.82, 2.24) is 19.7 Å². The molecule has 3 N–H and O–H groups in total. The second kappa shape index (κ2) is 7.39. The Hall–Kier alpha value is -1.88. The number of amides is 2. The molecule has 2 aromatic heterocycles. The molecule has 9 nitrogen and oxygen atoms in total. The monoisotopic (exact) mass is 439 g/mol. The van der Waals surface area contributed by atoms with E-state index in [9.17, 15) is 18.0 Å². The molecule has 0 radical (unpaired) electrons. The number of hydrogen-bond acceptors (Lipinski definition) is 6. The molecule has 0 aliphatic heterocycles. The number of sulfonamides is 1. The quantitative estimate of drug-likeness (QED) is 0.494. The van der Waals surface area contributed by atoms with Gasteiger partial charge in [0.05, 0.1) is 5.69 Å². The summed E-state index contributed by atoms with van der Waals surface area (Å²) in [5.41, 5.74) is 0.938. The van der Waals surface area contributed by atoms with Crippen molar-refractivity contribution in [2.24, 2.45) is 0 Å². The second-order valence-electron chi connectivity index (χ2n) is 5.10. The summed E-state index contributed by atoms with van der Waals surface area (Å²) in [5.74, 6) is -1.01. The summed E-state index contributed by atoms with van der Waals surface area (Å²) in [4.78, 5) is 33.9. The number of Topliss-reactive ketones (excluding diaryl/α,β-unsaturated/α-hetero) is 1. The molecule has 140 valence electrons. The number of alkyl halides is 3. The maximum atomic E-state index is 12.2. The van der Waals surface area contributed by atoms with Gasteiger partial charge in [-0.2, -0.15) is 8.42 Å². The molecule has 0 aliphatic carbocycles. The highest BCUT2D eigenvalue weighted by atomic mass is 35.6. The Morgan fingerprint density at radius 2 is 1.69 bits per heavy atom. The van der Waals surface area contributed by atoms with Crippen molar-refractivity contribution in [1.29, 1.82) is 0 Å². The minimum Gasteiger partial charge on any atom is -0.342 e. The van der Waals surface area contributed by atoms with Crippen molar-refractivity contribution < 1.29 is 18.0 Å². The van der Waals surface area contributed by atoms with Crippen molar-refractivity contribution in [3.05, 3.63) is 35.3 Å². The van der Waals surface area contributed by atoms with Gasteiger partial charge < -0.3 is 4.98 Å². The number of halogens is 3. The summed E-state index contributed by atoms with van der Waals surface area (Å²) in [6.07, 6.45) is 0. The number of aryl methyl sites for hydroxylation is 2. The van der Waals surface area contributed by atoms with Crippen molar-refractivity contribution in [3.8, 4) is 0 Å². The van der Waals surface area contributed by atoms with Gasteiger partial charge in [-0.25, -0.2) is 19.5 Å². The van der Waals surface area contributed by atoms with Crippen LogP contribution in [0.3, 0.4) is 0 Å². The fourth-order valence-electron chi connectivity index (χ4n) is 1.90. The summed E-state index contributed by atoms with van der Waals surface area (Å²) in [5, 5.41) is 1.74. The molecule has 2 aromatic rings. The lowest BCUT2D eigenvalue weighted by molar-refractivity contribution is 0.0992. The number of hydrogen-bond donors (Lipinski definition) is 3. The van der Waals surface area contributed by atoms with Gasteiger partial charge in [0.25, 0.3) is 13.8 Å². The maximum Gasteiger partial charge on any atom is 0.335 e. The van der Waals surface area contributed by atoms with Crippen molar-refractivity contribution in [2.75, 3.05) is 5.32 Å². The van der Waals surface area contributed by atoms with Gasteiger partial charge in [-0.05, 0) is 32.0 Å². The largest absolute Gasteiger partial charge is 0.342 e. The number of aromatic nitrogens is 3. The SMILES string of the molecule is Cc1cc(C)nc(NC(=O)NS(=O)(=O)c2ccc(C(=O)C(Cl)(Cl)Cl)[nH]2)n1. The lowest BCUT2D eigenvalue weighted by Gasteiger charge is -2.08. The van der Waals surface area contributed by atoms with Crippen LogP contribution in [0.2, 0.25) is 0 Å². The highest BCUT2D eigenvalue weighted by Gasteiger charge is 2.33. The summed E-state index contributed by atoms with van der Waals surface area (Å²) in [6.45, 7) is 3.38. The van der Waals surface area contributed by atoms with Gasteiger partial charge in [0.1, 0.15) is 0 Å². The molecule has 26 heavy (non-hydrogen) atoms. The first-order valence-corrected chi connectivity index (χ1v) is 9.47. The fourth-order valence-corrected chi connectivity index (χ4v) is 3.10. The Balaban J connectivity index is 2.14. The van der Waals surface area contributed by atoms with Crippen LogP contribution >= 0.6 is 34.8 Å². The Kier molecular flexibility index (Phi) is 5.81. The average molecular weight is 441 g/mol. The molecular weight excluding hydrogens is 429 g/mol. The van der Waals surface area contributed by atoms with E-state index in [0.717, 1.165) is 12.1 Å². The zero-order chi connectivity index (χ0) is 19.7. The van der Waals surface area contributed by atoms with Gasteiger partial charge in [0.15, 0.2) is 5.03 Å². The molecule has 0 aromatic carbocycles. The molecule has 0 bridgehead atoms. The van der Waals surface area contributed by atoms with Crippen LogP contribution in [0.25, 0.3) is 0 Å². The van der Waals surface area contributed by atoms with Gasteiger partial charge >= 0.3 is 6.03 Å². The molecule has 0 unspecified atom stereocenters. The van der Waals surface area contributed by atoms with E-state index in [1.807, 2.05) is 0 Å². The van der Waals surface area contributed by atoms with Crippen LogP contribution in [0.15, 0.2) is 23.2 Å². The molecule has 0 aliphatic rings. The van der Waals surface area contributed by atoms with Crippen LogP contribution in [0.4, 0.5) is 10.7 Å². The maximum absolute atomic E-state index is 12.2. The molecule has 0 spiro atoms. The average Bonchev–Trinajstić information content (AvgIpc) is 2.93. The number of rotatable bonds is 4. The topological polar surface area (TPSA) is 134 Å². The van der Waals surface area contributed by atoms with Crippen LogP contribution in [-0.4, -0.2) is 39.0 Å². The van der Waals surface area contributed by atoms with E-state index >= 15 is 0 Å². The molecular formula is C13H12Cl3N5O4S. The van der Waals surface area contributed by atoms with E-state index in [-0.39, 0.29) is 11.6 Å². The molecule has 0 saturated carbocycles. The van der Waals surface area contributed by atoms with E-state index in [0.29, 0.717) is 11.4 Å². The minimum absolute atomic E-state index is 0.0613. The molecule has 2 amide bonds. The van der Waals surface area contributed by atoms with E-state index < -0.39 is 30.7 Å². The van der Waals surface area contributed by atoms with Crippen LogP contribution in [0.1, 0.15) is 21.9 Å². The zero-order valence-electron chi connectivity index (χ0n) is 13.3. The van der Waals surface area contributed by atoms with Crippen LogP contribution in [-0.2, 0) is 10.0 Å². The van der Waals surface area contributed by atoms with Crippen LogP contribution < -0.4 is 10.0 Å². The summed E-state index contributed by atoms with van der Waals surface area (Å²) in [6, 6.07) is 2.76. The number of nitrogens with zero attached hydrogens (tertiary/aromatic N) is 2. The first-order valence-electron chi connectivity index (χ1n) is 6.85. The third-order valence-electron chi connectivity index (χ3n) is 2.89. The van der Waals surface area contributed by atoms with E-state index in [4.69, 9.17) is 34.8 Å². The van der Waals surface area contributed by atoms with Crippen LogP contribution in [0.5, 0.6) is 0 Å². The number of aromatic amines is 1. The lowest BCUT2D eigenvalue weighted by atomic mass is 10.3. The van der Waals surface area contributed by atoms with Gasteiger partial charge in [-0.3, -0.25) is 10.1 Å². The lowest BCUT2D eigenvalue weighted by Crippen LogP contribution is -2.35. The number of ketones is 1. The first-order chi connectivity index (χ1) is 11.9. The van der Waals surface area contributed by atoms with E-state index in [1.54, 1.807) is 24.6 Å². The standard InChI is InChI=1S/C13H12Cl3N5O4S/c1-6-5-7(2)18-11(17-6)20-12(23)21-26(24,25)9-4-3-8(19-9)10(22)13(14,15)16/h3-5,19H,1-2H3,(H2,17,18,20,21,23). The van der Waals surface area contributed by atoms with E-state index in [1.165, 1.54) is 0 Å². The van der Waals surface area contributed by atoms with Crippen molar-refractivity contribution in [3.63, 3.8) is 0 Å². The third kappa shape index (κ3) is 5.07. The fraction of sp³-hybridized carbons (Fsp3) is 0.231. The highest BCUT2D eigenvalue weighted by Crippen LogP contribution is 2.30. The number of H-pyrrole nitrogens is 1.